The summed E-state index contributed by atoms with van der Waals surface area (Å²) in [4.78, 5) is 11.0. The van der Waals surface area contributed by atoms with Crippen molar-refractivity contribution in [3.8, 4) is 0 Å². The lowest BCUT2D eigenvalue weighted by Crippen LogP contribution is -2.25. The van der Waals surface area contributed by atoms with Crippen LogP contribution in [-0.2, 0) is 13.8 Å². The van der Waals surface area contributed by atoms with Crippen molar-refractivity contribution in [1.82, 2.24) is 5.32 Å². The van der Waals surface area contributed by atoms with Crippen LogP contribution in [0.1, 0.15) is 16.8 Å². The van der Waals surface area contributed by atoms with Gasteiger partial charge in [0.05, 0.1) is 0 Å². The normalized spacial score (nSPS) is 11.3. The van der Waals surface area contributed by atoms with Crippen molar-refractivity contribution in [3.05, 3.63) is 29.6 Å². The zero-order chi connectivity index (χ0) is 14.5. The number of amides is 1. The van der Waals surface area contributed by atoms with Crippen LogP contribution in [0.2, 0.25) is 0 Å². The second kappa shape index (κ2) is 6.83. The molecule has 5 nitrogen and oxygen atoms in total. The van der Waals surface area contributed by atoms with Crippen molar-refractivity contribution in [2.24, 2.45) is 0 Å². The highest BCUT2D eigenvalue weighted by Gasteiger charge is 2.18. The van der Waals surface area contributed by atoms with Gasteiger partial charge in [-0.2, -0.15) is 0 Å². The summed E-state index contributed by atoms with van der Waals surface area (Å²) < 4.78 is 40.3. The molecular weight excluding hydrogens is 297 g/mol. The van der Waals surface area contributed by atoms with Crippen molar-refractivity contribution in [2.45, 2.75) is 11.3 Å². The summed E-state index contributed by atoms with van der Waals surface area (Å²) >= 11 is 0. The molecule has 0 saturated carbocycles. The summed E-state index contributed by atoms with van der Waals surface area (Å²) in [6.45, 7) is 0.859. The third kappa shape index (κ3) is 4.77. The Bertz CT molecular complexity index is 562. The first-order chi connectivity index (χ1) is 8.86. The average Bonchev–Trinajstić information content (AvgIpc) is 2.33. The predicted molar refractivity (Wildman–Crippen MR) is 68.3 cm³/mol. The summed E-state index contributed by atoms with van der Waals surface area (Å²) in [6.07, 6.45) is 0.615. The SMILES string of the molecule is COCCCNC(=O)c1ccc(F)c(S(=O)(=O)Cl)c1. The molecule has 0 bridgehead atoms. The highest BCUT2D eigenvalue weighted by Crippen LogP contribution is 2.20. The number of carbonyl (C=O) groups excluding carboxylic acids is 1. The standard InChI is InChI=1S/C11H13ClFNO4S/c1-18-6-2-5-14-11(15)8-3-4-9(13)10(7-8)19(12,16)17/h3-4,7H,2,5-6H2,1H3,(H,14,15). The van der Waals surface area contributed by atoms with E-state index in [1.807, 2.05) is 0 Å². The molecule has 1 aromatic rings. The summed E-state index contributed by atoms with van der Waals surface area (Å²) in [5, 5.41) is 2.55. The zero-order valence-electron chi connectivity index (χ0n) is 10.2. The molecule has 1 amide bonds. The fourth-order valence-corrected chi connectivity index (χ4v) is 2.28. The van der Waals surface area contributed by atoms with Gasteiger partial charge in [-0.25, -0.2) is 12.8 Å². The largest absolute Gasteiger partial charge is 0.385 e. The van der Waals surface area contributed by atoms with Crippen LogP contribution in [-0.4, -0.2) is 34.6 Å². The molecule has 0 radical (unpaired) electrons. The molecule has 0 spiro atoms. The Kier molecular flexibility index (Phi) is 5.71. The zero-order valence-corrected chi connectivity index (χ0v) is 11.7. The molecule has 0 saturated heterocycles. The molecule has 0 aliphatic carbocycles. The Morgan fingerprint density at radius 3 is 2.74 bits per heavy atom. The van der Waals surface area contributed by atoms with Crippen LogP contribution < -0.4 is 5.32 Å². The number of nitrogens with one attached hydrogen (secondary N) is 1. The van der Waals surface area contributed by atoms with Gasteiger partial charge in [-0.1, -0.05) is 0 Å². The number of hydrogen-bond acceptors (Lipinski definition) is 4. The summed E-state index contributed by atoms with van der Waals surface area (Å²) in [7, 11) is 2.39. The molecule has 0 fully saturated rings. The summed E-state index contributed by atoms with van der Waals surface area (Å²) in [5.41, 5.74) is 0.0260. The number of benzene rings is 1. The van der Waals surface area contributed by atoms with Crippen LogP contribution in [0.25, 0.3) is 0 Å². The van der Waals surface area contributed by atoms with Gasteiger partial charge >= 0.3 is 0 Å². The Morgan fingerprint density at radius 2 is 2.16 bits per heavy atom. The van der Waals surface area contributed by atoms with Crippen LogP contribution >= 0.6 is 10.7 Å². The topological polar surface area (TPSA) is 72.5 Å². The Hall–Kier alpha value is -1.18. The first-order valence-corrected chi connectivity index (χ1v) is 7.68. The van der Waals surface area contributed by atoms with E-state index in [0.29, 0.717) is 19.6 Å². The molecule has 106 valence electrons. The fraction of sp³-hybridized carbons (Fsp3) is 0.364. The van der Waals surface area contributed by atoms with Crippen molar-refractivity contribution < 1.29 is 22.3 Å². The van der Waals surface area contributed by atoms with Gasteiger partial charge in [-0.3, -0.25) is 4.79 Å². The molecule has 0 aliphatic rings. The van der Waals surface area contributed by atoms with Gasteiger partial charge in [0.25, 0.3) is 15.0 Å². The van der Waals surface area contributed by atoms with E-state index in [0.717, 1.165) is 12.1 Å². The van der Waals surface area contributed by atoms with E-state index in [9.17, 15) is 17.6 Å². The molecule has 19 heavy (non-hydrogen) atoms. The van der Waals surface area contributed by atoms with Crippen LogP contribution in [0.5, 0.6) is 0 Å². The summed E-state index contributed by atoms with van der Waals surface area (Å²) in [6, 6.07) is 2.98. The van der Waals surface area contributed by atoms with E-state index < -0.39 is 25.7 Å². The lowest BCUT2D eigenvalue weighted by molar-refractivity contribution is 0.0948. The predicted octanol–water partition coefficient (Wildman–Crippen LogP) is 1.52. The van der Waals surface area contributed by atoms with E-state index in [4.69, 9.17) is 15.4 Å². The van der Waals surface area contributed by atoms with Gasteiger partial charge in [0, 0.05) is 36.5 Å². The molecule has 8 heteroatoms. The van der Waals surface area contributed by atoms with Crippen LogP contribution in [0.3, 0.4) is 0 Å². The van der Waals surface area contributed by atoms with E-state index in [1.165, 1.54) is 6.07 Å². The second-order valence-electron chi connectivity index (χ2n) is 3.69. The number of rotatable bonds is 6. The smallest absolute Gasteiger partial charge is 0.264 e. The molecule has 0 heterocycles. The van der Waals surface area contributed by atoms with Crippen LogP contribution in [0.4, 0.5) is 4.39 Å². The first kappa shape index (κ1) is 15.9. The lowest BCUT2D eigenvalue weighted by atomic mass is 10.2. The molecule has 0 atom stereocenters. The summed E-state index contributed by atoms with van der Waals surface area (Å²) in [5.74, 6) is -1.50. The van der Waals surface area contributed by atoms with E-state index in [-0.39, 0.29) is 5.56 Å². The molecular formula is C11H13ClFNO4S. The van der Waals surface area contributed by atoms with Crippen molar-refractivity contribution in [1.29, 1.82) is 0 Å². The van der Waals surface area contributed by atoms with Gasteiger partial charge in [0.2, 0.25) is 0 Å². The van der Waals surface area contributed by atoms with Gasteiger partial charge in [-0.15, -0.1) is 0 Å². The van der Waals surface area contributed by atoms with Crippen LogP contribution in [0, 0.1) is 5.82 Å². The van der Waals surface area contributed by atoms with Gasteiger partial charge < -0.3 is 10.1 Å². The van der Waals surface area contributed by atoms with Crippen molar-refractivity contribution >= 4 is 25.6 Å². The molecule has 1 rings (SSSR count). The minimum Gasteiger partial charge on any atom is -0.385 e. The molecule has 0 aromatic heterocycles. The maximum absolute atomic E-state index is 13.3. The van der Waals surface area contributed by atoms with Crippen molar-refractivity contribution in [3.63, 3.8) is 0 Å². The first-order valence-electron chi connectivity index (χ1n) is 5.37. The quantitative estimate of drug-likeness (QED) is 0.639. The molecule has 0 unspecified atom stereocenters. The maximum atomic E-state index is 13.3. The molecule has 0 aliphatic heterocycles. The Balaban J connectivity index is 2.82. The highest BCUT2D eigenvalue weighted by molar-refractivity contribution is 8.13. The highest BCUT2D eigenvalue weighted by atomic mass is 35.7. The van der Waals surface area contributed by atoms with E-state index in [1.54, 1.807) is 7.11 Å². The van der Waals surface area contributed by atoms with Gasteiger partial charge in [-0.05, 0) is 24.6 Å². The Labute approximate surface area is 115 Å². The van der Waals surface area contributed by atoms with E-state index in [2.05, 4.69) is 5.32 Å². The third-order valence-electron chi connectivity index (χ3n) is 2.27. The van der Waals surface area contributed by atoms with Crippen molar-refractivity contribution in [2.75, 3.05) is 20.3 Å². The van der Waals surface area contributed by atoms with Gasteiger partial charge in [0.15, 0.2) is 0 Å². The Morgan fingerprint density at radius 1 is 1.47 bits per heavy atom. The number of halogens is 2. The number of carbonyl (C=O) groups is 1. The monoisotopic (exact) mass is 309 g/mol. The second-order valence-corrected chi connectivity index (χ2v) is 6.22. The number of hydrogen-bond donors (Lipinski definition) is 1. The van der Waals surface area contributed by atoms with Crippen LogP contribution in [0.15, 0.2) is 23.1 Å². The van der Waals surface area contributed by atoms with E-state index >= 15 is 0 Å². The van der Waals surface area contributed by atoms with Gasteiger partial charge in [0.1, 0.15) is 10.7 Å². The lowest BCUT2D eigenvalue weighted by Gasteiger charge is -2.06. The average molecular weight is 310 g/mol. The minimum absolute atomic E-state index is 0.0260. The maximum Gasteiger partial charge on any atom is 0.264 e. The third-order valence-corrected chi connectivity index (χ3v) is 3.60. The molecule has 1 N–H and O–H groups in total. The molecule has 1 aromatic carbocycles. The fourth-order valence-electron chi connectivity index (χ4n) is 1.35. The minimum atomic E-state index is -4.22. The number of ether oxygens (including phenoxy) is 1. The number of methoxy groups -OCH3 is 1.